The summed E-state index contributed by atoms with van der Waals surface area (Å²) in [6.45, 7) is 9.79. The van der Waals surface area contributed by atoms with Crippen molar-refractivity contribution in [3.63, 3.8) is 0 Å². The lowest BCUT2D eigenvalue weighted by Crippen LogP contribution is -2.49. The number of hydrogen-bond acceptors (Lipinski definition) is 2. The zero-order valence-electron chi connectivity index (χ0n) is 40.6. The summed E-state index contributed by atoms with van der Waals surface area (Å²) in [7, 11) is -2.25. The molecule has 0 N–H and O–H groups in total. The second-order valence-corrected chi connectivity index (χ2v) is 25.2. The normalized spacial score (nSPS) is 14.1. The van der Waals surface area contributed by atoms with Crippen LogP contribution in [0.1, 0.15) is 25.0 Å². The average Bonchev–Trinajstić information content (AvgIpc) is 4.10. The zero-order chi connectivity index (χ0) is 48.0. The van der Waals surface area contributed by atoms with Gasteiger partial charge in [-0.15, -0.1) is 0 Å². The first-order chi connectivity index (χ1) is 35.2. The van der Waals surface area contributed by atoms with Crippen LogP contribution >= 0.6 is 0 Å². The molecule has 0 saturated heterocycles. The van der Waals surface area contributed by atoms with Gasteiger partial charge < -0.3 is 9.13 Å². The Labute approximate surface area is 419 Å². The number of para-hydroxylation sites is 4. The summed E-state index contributed by atoms with van der Waals surface area (Å²) in [6.07, 6.45) is 0. The van der Waals surface area contributed by atoms with Crippen LogP contribution in [0.2, 0.25) is 13.1 Å². The van der Waals surface area contributed by atoms with Gasteiger partial charge in [-0.2, -0.15) is 0 Å². The zero-order valence-corrected chi connectivity index (χ0v) is 41.6. The van der Waals surface area contributed by atoms with Gasteiger partial charge in [0, 0.05) is 55.0 Å². The molecule has 2 aliphatic rings. The van der Waals surface area contributed by atoms with Crippen LogP contribution in [0.15, 0.2) is 218 Å². The number of aromatic nitrogens is 4. The van der Waals surface area contributed by atoms with Crippen molar-refractivity contribution in [2.24, 2.45) is 0 Å². The lowest BCUT2D eigenvalue weighted by molar-refractivity contribution is 0.660. The van der Waals surface area contributed by atoms with Gasteiger partial charge in [0.15, 0.2) is 5.82 Å². The summed E-state index contributed by atoms with van der Waals surface area (Å²) in [6, 6.07) is 80.6. The highest BCUT2D eigenvalue weighted by Crippen LogP contribution is 2.50. The predicted molar refractivity (Wildman–Crippen MR) is 304 cm³/mol. The number of hydrogen-bond donors (Lipinski definition) is 0. The van der Waals surface area contributed by atoms with Crippen molar-refractivity contribution in [2.75, 3.05) is 0 Å². The molecule has 0 bridgehead atoms. The first-order valence-electron chi connectivity index (χ1n) is 25.2. The molecular weight excluding hydrogens is 889 g/mol. The fourth-order valence-corrected chi connectivity index (χ4v) is 16.4. The molecule has 13 aromatic rings. The third-order valence-corrected chi connectivity index (χ3v) is 19.8. The summed E-state index contributed by atoms with van der Waals surface area (Å²) in [5.74, 6) is 0.712. The largest absolute Gasteiger partial charge is 0.309 e. The number of rotatable bonds is 5. The minimum Gasteiger partial charge on any atom is -0.309 e. The smallest absolute Gasteiger partial charge is 0.161 e. The first kappa shape index (κ1) is 41.2. The summed E-state index contributed by atoms with van der Waals surface area (Å²) in [5, 5.41) is 10.4. The van der Waals surface area contributed by atoms with Crippen molar-refractivity contribution < 1.29 is 0 Å². The highest BCUT2D eigenvalue weighted by Gasteiger charge is 2.40. The average molecular weight is 937 g/mol. The molecule has 4 heterocycles. The van der Waals surface area contributed by atoms with Gasteiger partial charge in [-0.3, -0.25) is 0 Å². The second-order valence-electron chi connectivity index (χ2n) is 20.9. The van der Waals surface area contributed by atoms with Crippen molar-refractivity contribution in [3.05, 3.63) is 230 Å². The van der Waals surface area contributed by atoms with Crippen molar-refractivity contribution in [1.29, 1.82) is 0 Å². The summed E-state index contributed by atoms with van der Waals surface area (Å²) in [5.41, 5.74) is 19.7. The summed E-state index contributed by atoms with van der Waals surface area (Å²) in [4.78, 5) is 11.5. The topological polar surface area (TPSA) is 35.6 Å². The molecule has 0 fully saturated rings. The van der Waals surface area contributed by atoms with E-state index in [-0.39, 0.29) is 5.41 Å². The Morgan fingerprint density at radius 1 is 0.375 bits per heavy atom. The van der Waals surface area contributed by atoms with Gasteiger partial charge in [-0.1, -0.05) is 179 Å². The SMILES string of the molecule is CC1(C)c2ccccc2-c2ccc(-c3cc(-c4ccc5c(c4)c4ccccc4n5-c4ccccc4)nc(-c4cc5c(c6ccccc6n5-c5ccccc5)c5c6c(ccc45)-c4ccccc4[Si]6(C)C)n3)cc21. The predicted octanol–water partition coefficient (Wildman–Crippen LogP) is 15.9. The van der Waals surface area contributed by atoms with Crippen LogP contribution in [-0.2, 0) is 5.41 Å². The van der Waals surface area contributed by atoms with Crippen LogP contribution in [0.25, 0.3) is 122 Å². The quantitative estimate of drug-likeness (QED) is 0.161. The Hall–Kier alpha value is -8.64. The molecule has 0 atom stereocenters. The molecular formula is C67H48N4Si. The maximum atomic E-state index is 5.75. The fraction of sp³-hybridized carbons (Fsp3) is 0.0746. The second kappa shape index (κ2) is 14.9. The Morgan fingerprint density at radius 3 is 1.68 bits per heavy atom. The fourth-order valence-electron chi connectivity index (χ4n) is 13.0. The van der Waals surface area contributed by atoms with Crippen LogP contribution in [0, 0.1) is 0 Å². The van der Waals surface area contributed by atoms with Crippen LogP contribution in [-0.4, -0.2) is 27.2 Å². The minimum atomic E-state index is -2.25. The number of fused-ring (bicyclic) bond motifs is 15. The molecule has 0 saturated carbocycles. The van der Waals surface area contributed by atoms with Gasteiger partial charge >= 0.3 is 0 Å². The highest BCUT2D eigenvalue weighted by atomic mass is 28.3. The standard InChI is InChI=1S/C67H48N4Si/c1-67(2)54-27-15-11-23-45(54)46-33-31-42(38-55(46)67)57-40-56(41-32-36-60-52(37-41)47-24-12-16-28-58(47)70(60)43-19-7-5-8-20-43)68-66(69-57)53-39-61-63(51-26-13-17-29-59(51)71(61)44-21-9-6-10-22-44)64-49(53)34-35-50-48-25-14-18-30-62(48)72(3,4)65(50)64/h5-40H,1-4H3. The van der Waals surface area contributed by atoms with E-state index in [1.165, 1.54) is 87.1 Å². The molecule has 5 heteroatoms. The van der Waals surface area contributed by atoms with Crippen LogP contribution in [0.4, 0.5) is 0 Å². The molecule has 0 amide bonds. The van der Waals surface area contributed by atoms with E-state index in [1.54, 1.807) is 0 Å². The molecule has 3 aromatic heterocycles. The molecule has 0 unspecified atom stereocenters. The van der Waals surface area contributed by atoms with E-state index in [0.29, 0.717) is 5.82 Å². The summed E-state index contributed by atoms with van der Waals surface area (Å²) < 4.78 is 4.84. The van der Waals surface area contributed by atoms with E-state index in [1.807, 2.05) is 0 Å². The molecule has 1 aliphatic heterocycles. The Kier molecular flexibility index (Phi) is 8.54. The lowest BCUT2D eigenvalue weighted by Gasteiger charge is -2.23. The number of benzene rings is 10. The van der Waals surface area contributed by atoms with Crippen molar-refractivity contribution in [3.8, 4) is 67.5 Å². The summed E-state index contributed by atoms with van der Waals surface area (Å²) >= 11 is 0. The van der Waals surface area contributed by atoms with Gasteiger partial charge in [0.1, 0.15) is 8.07 Å². The van der Waals surface area contributed by atoms with Crippen LogP contribution < -0.4 is 10.4 Å². The highest BCUT2D eigenvalue weighted by molar-refractivity contribution is 7.05. The first-order valence-corrected chi connectivity index (χ1v) is 28.2. The van der Waals surface area contributed by atoms with E-state index in [2.05, 4.69) is 254 Å². The van der Waals surface area contributed by atoms with Gasteiger partial charge in [0.25, 0.3) is 0 Å². The van der Waals surface area contributed by atoms with Gasteiger partial charge in [-0.25, -0.2) is 9.97 Å². The van der Waals surface area contributed by atoms with E-state index < -0.39 is 8.07 Å². The Bertz CT molecular complexity index is 4440. The van der Waals surface area contributed by atoms with E-state index in [9.17, 15) is 0 Å². The molecule has 15 rings (SSSR count). The maximum absolute atomic E-state index is 5.75. The number of nitrogens with zero attached hydrogens (tertiary/aromatic N) is 4. The van der Waals surface area contributed by atoms with E-state index >= 15 is 0 Å². The van der Waals surface area contributed by atoms with Gasteiger partial charge in [0.05, 0.1) is 33.5 Å². The third kappa shape index (κ3) is 5.68. The van der Waals surface area contributed by atoms with Gasteiger partial charge in [0.2, 0.25) is 0 Å². The Morgan fingerprint density at radius 2 is 0.931 bits per heavy atom. The monoisotopic (exact) mass is 936 g/mol. The third-order valence-electron chi connectivity index (χ3n) is 16.3. The molecule has 0 spiro atoms. The minimum absolute atomic E-state index is 0.167. The lowest BCUT2D eigenvalue weighted by atomic mass is 9.82. The molecule has 10 aromatic carbocycles. The Balaban J connectivity index is 1.05. The van der Waals surface area contributed by atoms with Crippen molar-refractivity contribution >= 4 is 72.8 Å². The van der Waals surface area contributed by atoms with E-state index in [0.717, 1.165) is 50.5 Å². The van der Waals surface area contributed by atoms with Crippen LogP contribution in [0.3, 0.4) is 0 Å². The molecule has 0 radical (unpaired) electrons. The molecule has 340 valence electrons. The van der Waals surface area contributed by atoms with Crippen molar-refractivity contribution in [2.45, 2.75) is 32.4 Å². The molecule has 1 aliphatic carbocycles. The van der Waals surface area contributed by atoms with E-state index in [4.69, 9.17) is 9.97 Å². The van der Waals surface area contributed by atoms with Crippen LogP contribution in [0.5, 0.6) is 0 Å². The van der Waals surface area contributed by atoms with Crippen molar-refractivity contribution in [1.82, 2.24) is 19.1 Å². The maximum Gasteiger partial charge on any atom is 0.161 e. The van der Waals surface area contributed by atoms with Gasteiger partial charge in [-0.05, 0) is 121 Å². The molecule has 72 heavy (non-hydrogen) atoms. The molecule has 4 nitrogen and oxygen atoms in total.